The van der Waals surface area contributed by atoms with Gasteiger partial charge in [0.1, 0.15) is 6.10 Å². The van der Waals surface area contributed by atoms with Gasteiger partial charge in [0.15, 0.2) is 0 Å². The van der Waals surface area contributed by atoms with E-state index in [-0.39, 0.29) is 16.9 Å². The zero-order chi connectivity index (χ0) is 42.0. The molecule has 64 heavy (non-hydrogen) atoms. The van der Waals surface area contributed by atoms with Gasteiger partial charge in [-0.2, -0.15) is 0 Å². The molecule has 0 radical (unpaired) electrons. The number of rotatable bonds is 5. The predicted molar refractivity (Wildman–Crippen MR) is 262 cm³/mol. The monoisotopic (exact) mass is 842 g/mol. The minimum Gasteiger partial charge on any atom is -0.490 e. The quantitative estimate of drug-likeness (QED) is 0.274. The van der Waals surface area contributed by atoms with Crippen LogP contribution < -0.4 is 0 Å². The topological polar surface area (TPSA) is 12.5 Å². The molecule has 13 aliphatic rings. The number of allylic oxidation sites excluding steroid dienone is 20. The van der Waals surface area contributed by atoms with Crippen molar-refractivity contribution in [2.75, 3.05) is 0 Å². The van der Waals surface area contributed by atoms with Crippen molar-refractivity contribution >= 4 is 5.57 Å². The summed E-state index contributed by atoms with van der Waals surface area (Å²) in [6.45, 7) is 0. The Labute approximate surface area is 383 Å². The molecule has 0 N–H and O–H groups in total. The summed E-state index contributed by atoms with van der Waals surface area (Å²) in [6.07, 6.45) is 63.9. The lowest BCUT2D eigenvalue weighted by Gasteiger charge is -2.55. The van der Waals surface area contributed by atoms with Gasteiger partial charge in [-0.25, -0.2) is 0 Å². The molecule has 1 heterocycles. The predicted octanol–water partition coefficient (Wildman–Crippen LogP) is 14.9. The van der Waals surface area contributed by atoms with Crippen molar-refractivity contribution in [2.24, 2.45) is 29.1 Å². The second-order valence-electron chi connectivity index (χ2n) is 21.8. The fraction of sp³-hybridized carbons (Fsp3) is 0.484. The van der Waals surface area contributed by atoms with Crippen molar-refractivity contribution in [2.45, 2.75) is 158 Å². The lowest BCUT2D eigenvalue weighted by atomic mass is 9.56. The summed E-state index contributed by atoms with van der Waals surface area (Å²) in [7, 11) is 0. The minimum atomic E-state index is -0.0990. The van der Waals surface area contributed by atoms with Crippen molar-refractivity contribution in [1.29, 1.82) is 0 Å². The normalized spacial score (nSPS) is 37.2. The Kier molecular flexibility index (Phi) is 9.14. The minimum absolute atomic E-state index is 0.0440. The van der Waals surface area contributed by atoms with E-state index in [1.807, 2.05) is 0 Å². The zero-order valence-electron chi connectivity index (χ0n) is 38.1. The first-order valence-corrected chi connectivity index (χ1v) is 26.4. The van der Waals surface area contributed by atoms with Crippen LogP contribution in [-0.4, -0.2) is 29.1 Å². The van der Waals surface area contributed by atoms with E-state index < -0.39 is 0 Å². The Morgan fingerprint density at radius 1 is 0.625 bits per heavy atom. The lowest BCUT2D eigenvalue weighted by Crippen LogP contribution is -2.59. The lowest BCUT2D eigenvalue weighted by molar-refractivity contribution is 0.00316. The highest BCUT2D eigenvalue weighted by Gasteiger charge is 2.63. The summed E-state index contributed by atoms with van der Waals surface area (Å²) in [5.41, 5.74) is 19.9. The Bertz CT molecular complexity index is 2580. The van der Waals surface area contributed by atoms with E-state index in [2.05, 4.69) is 120 Å². The second-order valence-corrected chi connectivity index (χ2v) is 21.8. The molecular formula is C62H67NO. The molecule has 0 saturated heterocycles. The van der Waals surface area contributed by atoms with E-state index in [0.717, 1.165) is 57.8 Å². The molecule has 0 saturated carbocycles. The van der Waals surface area contributed by atoms with Crippen LogP contribution in [0, 0.1) is 29.1 Å². The molecule has 0 fully saturated rings. The van der Waals surface area contributed by atoms with Gasteiger partial charge in [0.2, 0.25) is 0 Å². The van der Waals surface area contributed by atoms with Gasteiger partial charge in [-0.1, -0.05) is 115 Å². The number of benzene rings is 1. The van der Waals surface area contributed by atoms with Crippen molar-refractivity contribution in [3.05, 3.63) is 182 Å². The average Bonchev–Trinajstić information content (AvgIpc) is 4.08. The van der Waals surface area contributed by atoms with Gasteiger partial charge >= 0.3 is 0 Å². The SMILES string of the molecule is C1=CC(C2(C3=CCCC=C3)C3=C(CCCC3)C3=CCCC(N(C4C=CC5=C(C4)C4(C6=CCCC=C6c6ccccc64)C4CCC=CC54)C4CC=CC5OC6=C(CCCC6)C54)C32)=CCC1. The largest absolute Gasteiger partial charge is 0.490 e. The molecule has 1 spiro atoms. The van der Waals surface area contributed by atoms with Crippen molar-refractivity contribution in [3.63, 3.8) is 0 Å². The number of hydrogen-bond acceptors (Lipinski definition) is 2. The van der Waals surface area contributed by atoms with E-state index in [0.29, 0.717) is 41.8 Å². The van der Waals surface area contributed by atoms with E-state index in [4.69, 9.17) is 4.74 Å². The van der Waals surface area contributed by atoms with E-state index in [1.54, 1.807) is 61.3 Å². The van der Waals surface area contributed by atoms with Crippen LogP contribution in [0.25, 0.3) is 5.57 Å². The van der Waals surface area contributed by atoms with Crippen LogP contribution in [-0.2, 0) is 10.2 Å². The van der Waals surface area contributed by atoms with Crippen molar-refractivity contribution in [3.8, 4) is 0 Å². The maximum atomic E-state index is 7.09. The number of fused-ring (bicyclic) bond motifs is 13. The van der Waals surface area contributed by atoms with E-state index in [9.17, 15) is 0 Å². The summed E-state index contributed by atoms with van der Waals surface area (Å²) in [6, 6.07) is 10.9. The van der Waals surface area contributed by atoms with Crippen LogP contribution >= 0.6 is 0 Å². The second kappa shape index (κ2) is 15.1. The van der Waals surface area contributed by atoms with Crippen molar-refractivity contribution in [1.82, 2.24) is 4.90 Å². The third-order valence-corrected chi connectivity index (χ3v) is 19.3. The van der Waals surface area contributed by atoms with Crippen LogP contribution in [0.5, 0.6) is 0 Å². The van der Waals surface area contributed by atoms with Crippen LogP contribution in [0.15, 0.2) is 171 Å². The van der Waals surface area contributed by atoms with Crippen LogP contribution in [0.4, 0.5) is 0 Å². The molecule has 1 aromatic carbocycles. The van der Waals surface area contributed by atoms with Gasteiger partial charge in [-0.15, -0.1) is 0 Å². The first-order chi connectivity index (χ1) is 31.8. The third-order valence-electron chi connectivity index (χ3n) is 19.3. The van der Waals surface area contributed by atoms with Crippen LogP contribution in [0.2, 0.25) is 0 Å². The maximum Gasteiger partial charge on any atom is 0.124 e. The highest BCUT2D eigenvalue weighted by atomic mass is 16.5. The Morgan fingerprint density at radius 3 is 2.31 bits per heavy atom. The zero-order valence-corrected chi connectivity index (χ0v) is 38.1. The van der Waals surface area contributed by atoms with E-state index in [1.165, 1.54) is 82.0 Å². The molecule has 12 aliphatic carbocycles. The van der Waals surface area contributed by atoms with Crippen molar-refractivity contribution < 1.29 is 4.74 Å². The molecule has 2 heteroatoms. The standard InChI is InChI=1S/C62H67NO/c1-3-19-40(20-4-1)61(41-21-5-2-6-22-41)50-29-12-10-26-46(50)48-28-17-34-56(60(48)61)63(55-33-18-36-58-59(55)49-27-11-16-35-57(49)64-58)42-37-38-47-45-25-9-15-32-53(45)62(54(47)39-42)51-30-13-7-23-43(51)44-24-8-14-31-52(44)62/h3,5,7,9,13,18-25,28,30-31,36-38,42,45,53,55-56,58-60H,1-2,4,6,8,10-12,14-17,26-27,29,32-35,39H2. The number of hydrogen-bond donors (Lipinski definition) is 0. The van der Waals surface area contributed by atoms with Crippen LogP contribution in [0.1, 0.15) is 140 Å². The average molecular weight is 842 g/mol. The smallest absolute Gasteiger partial charge is 0.124 e. The molecule has 0 bridgehead atoms. The first kappa shape index (κ1) is 38.8. The molecular weight excluding hydrogens is 775 g/mol. The summed E-state index contributed by atoms with van der Waals surface area (Å²) in [4.78, 5) is 3.29. The number of nitrogens with zero attached hydrogens (tertiary/aromatic N) is 1. The highest BCUT2D eigenvalue weighted by Crippen LogP contribution is 2.70. The maximum absolute atomic E-state index is 7.09. The van der Waals surface area contributed by atoms with Gasteiger partial charge in [0, 0.05) is 53.1 Å². The van der Waals surface area contributed by atoms with Gasteiger partial charge in [0.25, 0.3) is 0 Å². The van der Waals surface area contributed by atoms with Gasteiger partial charge < -0.3 is 4.74 Å². The Balaban J connectivity index is 0.974. The first-order valence-electron chi connectivity index (χ1n) is 26.4. The Morgan fingerprint density at radius 2 is 1.44 bits per heavy atom. The molecule has 9 atom stereocenters. The third kappa shape index (κ3) is 5.24. The summed E-state index contributed by atoms with van der Waals surface area (Å²) in [5.74, 6) is 3.28. The van der Waals surface area contributed by atoms with Gasteiger partial charge in [-0.3, -0.25) is 4.90 Å². The van der Waals surface area contributed by atoms with Gasteiger partial charge in [0.05, 0.1) is 5.76 Å². The number of ether oxygens (including phenoxy) is 1. The molecule has 9 unspecified atom stereocenters. The molecule has 326 valence electrons. The summed E-state index contributed by atoms with van der Waals surface area (Å²) in [5, 5.41) is 0. The fourth-order valence-electron chi connectivity index (χ4n) is 17.3. The molecule has 14 rings (SSSR count). The summed E-state index contributed by atoms with van der Waals surface area (Å²) >= 11 is 0. The fourth-order valence-corrected chi connectivity index (χ4v) is 17.3. The highest BCUT2D eigenvalue weighted by molar-refractivity contribution is 5.93. The molecule has 2 nitrogen and oxygen atoms in total. The van der Waals surface area contributed by atoms with Crippen LogP contribution in [0.3, 0.4) is 0 Å². The molecule has 1 aliphatic heterocycles. The molecule has 0 aromatic heterocycles. The molecule has 1 aromatic rings. The van der Waals surface area contributed by atoms with Gasteiger partial charge in [-0.05, 0) is 195 Å². The molecule has 0 amide bonds. The summed E-state index contributed by atoms with van der Waals surface area (Å²) < 4.78 is 7.09. The Hall–Kier alpha value is -4.40. The van der Waals surface area contributed by atoms with E-state index >= 15 is 0 Å².